The van der Waals surface area contributed by atoms with E-state index in [1.165, 1.54) is 0 Å². The topological polar surface area (TPSA) is 77.2 Å². The number of nitrogens with one attached hydrogen (secondary N) is 1. The predicted octanol–water partition coefficient (Wildman–Crippen LogP) is 1.24. The van der Waals surface area contributed by atoms with Gasteiger partial charge in [0.1, 0.15) is 0 Å². The van der Waals surface area contributed by atoms with Crippen LogP contribution in [0.25, 0.3) is 0 Å². The van der Waals surface area contributed by atoms with Crippen LogP contribution in [0.5, 0.6) is 0 Å². The first-order chi connectivity index (χ1) is 8.47. The third-order valence-corrected chi connectivity index (χ3v) is 2.86. The third kappa shape index (κ3) is 3.07. The summed E-state index contributed by atoms with van der Waals surface area (Å²) >= 11 is 0. The van der Waals surface area contributed by atoms with Gasteiger partial charge in [0.05, 0.1) is 13.2 Å². The molecule has 1 saturated heterocycles. The molecule has 2 rings (SSSR count). The van der Waals surface area contributed by atoms with Crippen LogP contribution in [-0.2, 0) is 16.1 Å². The number of hydrogen-bond acceptors (Lipinski definition) is 5. The van der Waals surface area contributed by atoms with Gasteiger partial charge < -0.3 is 14.6 Å². The predicted molar refractivity (Wildman–Crippen MR) is 63.8 cm³/mol. The summed E-state index contributed by atoms with van der Waals surface area (Å²) in [6.45, 7) is 7.24. The summed E-state index contributed by atoms with van der Waals surface area (Å²) < 4.78 is 10.4. The van der Waals surface area contributed by atoms with Crippen LogP contribution in [-0.4, -0.2) is 29.3 Å². The largest absolute Gasteiger partial charge is 0.381 e. The summed E-state index contributed by atoms with van der Waals surface area (Å²) in [5, 5.41) is 6.70. The van der Waals surface area contributed by atoms with E-state index in [4.69, 9.17) is 9.26 Å². The number of rotatable bonds is 3. The average Bonchev–Trinajstić information content (AvgIpc) is 2.94. The van der Waals surface area contributed by atoms with Crippen LogP contribution >= 0.6 is 0 Å². The van der Waals surface area contributed by atoms with E-state index in [-0.39, 0.29) is 18.4 Å². The number of ether oxygens (including phenoxy) is 1. The van der Waals surface area contributed by atoms with Crippen molar-refractivity contribution >= 4 is 5.91 Å². The van der Waals surface area contributed by atoms with E-state index in [9.17, 15) is 4.79 Å². The van der Waals surface area contributed by atoms with Crippen LogP contribution in [0.3, 0.4) is 0 Å². The van der Waals surface area contributed by atoms with Gasteiger partial charge in [-0.15, -0.1) is 0 Å². The van der Waals surface area contributed by atoms with E-state index in [1.54, 1.807) is 0 Å². The zero-order chi connectivity index (χ0) is 13.2. The van der Waals surface area contributed by atoms with Crippen molar-refractivity contribution in [1.82, 2.24) is 15.5 Å². The maximum absolute atomic E-state index is 11.7. The van der Waals surface area contributed by atoms with Gasteiger partial charge in [0.25, 0.3) is 0 Å². The van der Waals surface area contributed by atoms with Crippen LogP contribution < -0.4 is 5.32 Å². The Balaban J connectivity index is 1.89. The van der Waals surface area contributed by atoms with Crippen molar-refractivity contribution in [3.05, 3.63) is 11.7 Å². The lowest BCUT2D eigenvalue weighted by Crippen LogP contribution is -2.34. The summed E-state index contributed by atoms with van der Waals surface area (Å²) in [4.78, 5) is 16.0. The zero-order valence-electron chi connectivity index (χ0n) is 11.0. The van der Waals surface area contributed by atoms with Crippen LogP contribution in [0.2, 0.25) is 0 Å². The highest BCUT2D eigenvalue weighted by Crippen LogP contribution is 2.22. The molecule has 2 heterocycles. The fraction of sp³-hybridized carbons (Fsp3) is 0.750. The summed E-state index contributed by atoms with van der Waals surface area (Å²) in [5.74, 6) is 1.30. The molecule has 0 spiro atoms. The zero-order valence-corrected chi connectivity index (χ0v) is 11.0. The van der Waals surface area contributed by atoms with Gasteiger partial charge in [-0.25, -0.2) is 0 Å². The smallest absolute Gasteiger partial charge is 0.246 e. The molecule has 0 radical (unpaired) electrons. The van der Waals surface area contributed by atoms with Gasteiger partial charge in [0.2, 0.25) is 11.8 Å². The lowest BCUT2D eigenvalue weighted by atomic mass is 9.96. The van der Waals surface area contributed by atoms with E-state index in [0.29, 0.717) is 18.3 Å². The second kappa shape index (κ2) is 5.06. The molecular weight excluding hydrogens is 234 g/mol. The highest BCUT2D eigenvalue weighted by Gasteiger charge is 2.24. The molecule has 6 nitrogen and oxygen atoms in total. The Morgan fingerprint density at radius 1 is 1.50 bits per heavy atom. The first-order valence-corrected chi connectivity index (χ1v) is 6.15. The maximum Gasteiger partial charge on any atom is 0.246 e. The molecule has 0 saturated carbocycles. The molecule has 0 unspecified atom stereocenters. The van der Waals surface area contributed by atoms with Crippen molar-refractivity contribution < 1.29 is 14.1 Å². The molecule has 1 N–H and O–H groups in total. The molecule has 6 heteroatoms. The van der Waals surface area contributed by atoms with Crippen molar-refractivity contribution in [2.24, 2.45) is 5.41 Å². The first kappa shape index (κ1) is 13.0. The quantitative estimate of drug-likeness (QED) is 0.876. The van der Waals surface area contributed by atoms with Gasteiger partial charge in [-0.3, -0.25) is 4.79 Å². The minimum Gasteiger partial charge on any atom is -0.381 e. The van der Waals surface area contributed by atoms with E-state index >= 15 is 0 Å². The van der Waals surface area contributed by atoms with Gasteiger partial charge in [0.15, 0.2) is 5.82 Å². The molecule has 1 amide bonds. The normalized spacial score (nSPS) is 20.1. The Kier molecular flexibility index (Phi) is 3.65. The first-order valence-electron chi connectivity index (χ1n) is 6.15. The van der Waals surface area contributed by atoms with E-state index in [2.05, 4.69) is 15.5 Å². The molecule has 0 aliphatic carbocycles. The molecule has 1 aliphatic rings. The maximum atomic E-state index is 11.7. The summed E-state index contributed by atoms with van der Waals surface area (Å²) in [7, 11) is 0. The standard InChI is InChI=1S/C12H19N3O3/c1-12(2,3)11(16)13-6-9-14-10(15-18-9)8-4-5-17-7-8/h8H,4-7H2,1-3H3,(H,13,16)/t8-/m1/s1. The van der Waals surface area contributed by atoms with Gasteiger partial charge in [0, 0.05) is 17.9 Å². The Labute approximate surface area is 106 Å². The van der Waals surface area contributed by atoms with E-state index in [0.717, 1.165) is 13.0 Å². The Morgan fingerprint density at radius 2 is 2.28 bits per heavy atom. The molecule has 1 aromatic heterocycles. The van der Waals surface area contributed by atoms with Crippen LogP contribution in [0, 0.1) is 5.41 Å². The Bertz CT molecular complexity index is 416. The molecule has 1 aromatic rings. The number of aromatic nitrogens is 2. The third-order valence-electron chi connectivity index (χ3n) is 2.86. The summed E-state index contributed by atoms with van der Waals surface area (Å²) in [6.07, 6.45) is 0.924. The van der Waals surface area contributed by atoms with E-state index < -0.39 is 5.41 Å². The van der Waals surface area contributed by atoms with Crippen LogP contribution in [0.1, 0.15) is 44.8 Å². The Morgan fingerprint density at radius 3 is 2.89 bits per heavy atom. The highest BCUT2D eigenvalue weighted by atomic mass is 16.5. The molecule has 18 heavy (non-hydrogen) atoms. The van der Waals surface area contributed by atoms with Crippen molar-refractivity contribution in [3.8, 4) is 0 Å². The second-order valence-electron chi connectivity index (χ2n) is 5.54. The molecule has 1 aliphatic heterocycles. The minimum atomic E-state index is -0.415. The van der Waals surface area contributed by atoms with Crippen molar-refractivity contribution in [3.63, 3.8) is 0 Å². The van der Waals surface area contributed by atoms with Crippen LogP contribution in [0.4, 0.5) is 0 Å². The van der Waals surface area contributed by atoms with Crippen molar-refractivity contribution in [2.45, 2.75) is 39.7 Å². The molecular formula is C12H19N3O3. The van der Waals surface area contributed by atoms with Gasteiger partial charge in [-0.05, 0) is 6.42 Å². The lowest BCUT2D eigenvalue weighted by Gasteiger charge is -2.16. The number of carbonyl (C=O) groups is 1. The molecule has 0 aromatic carbocycles. The fourth-order valence-corrected chi connectivity index (χ4v) is 1.66. The molecule has 1 fully saturated rings. The summed E-state index contributed by atoms with van der Waals surface area (Å²) in [6, 6.07) is 0. The van der Waals surface area contributed by atoms with Gasteiger partial charge >= 0.3 is 0 Å². The number of amides is 1. The summed E-state index contributed by atoms with van der Waals surface area (Å²) in [5.41, 5.74) is -0.415. The fourth-order valence-electron chi connectivity index (χ4n) is 1.66. The number of carbonyl (C=O) groups excluding carboxylic acids is 1. The van der Waals surface area contributed by atoms with Crippen molar-refractivity contribution in [2.75, 3.05) is 13.2 Å². The molecule has 1 atom stereocenters. The SMILES string of the molecule is CC(C)(C)C(=O)NCc1nc([C@@H]2CCOC2)no1. The van der Waals surface area contributed by atoms with Crippen LogP contribution in [0.15, 0.2) is 4.52 Å². The van der Waals surface area contributed by atoms with E-state index in [1.807, 2.05) is 20.8 Å². The highest BCUT2D eigenvalue weighted by molar-refractivity contribution is 5.81. The molecule has 100 valence electrons. The van der Waals surface area contributed by atoms with Gasteiger partial charge in [-0.1, -0.05) is 25.9 Å². The van der Waals surface area contributed by atoms with Crippen molar-refractivity contribution in [1.29, 1.82) is 0 Å². The molecule has 0 bridgehead atoms. The minimum absolute atomic E-state index is 0.0357. The average molecular weight is 253 g/mol. The lowest BCUT2D eigenvalue weighted by molar-refractivity contribution is -0.128. The van der Waals surface area contributed by atoms with Gasteiger partial charge in [-0.2, -0.15) is 4.98 Å². The monoisotopic (exact) mass is 253 g/mol. The Hall–Kier alpha value is -1.43. The number of nitrogens with zero attached hydrogens (tertiary/aromatic N) is 2. The number of hydrogen-bond donors (Lipinski definition) is 1. The second-order valence-corrected chi connectivity index (χ2v) is 5.54.